The molecule has 1 aliphatic heterocycles. The number of aromatic nitrogens is 4. The van der Waals surface area contributed by atoms with E-state index in [0.717, 1.165) is 24.2 Å². The van der Waals surface area contributed by atoms with E-state index in [4.69, 9.17) is 4.52 Å². The molecule has 4 heterocycles. The quantitative estimate of drug-likeness (QED) is 0.720. The maximum atomic E-state index is 13.2. The van der Waals surface area contributed by atoms with E-state index in [9.17, 15) is 4.79 Å². The predicted octanol–water partition coefficient (Wildman–Crippen LogP) is 2.61. The second-order valence-corrected chi connectivity index (χ2v) is 6.05. The predicted molar refractivity (Wildman–Crippen MR) is 86.3 cm³/mol. The smallest absolute Gasteiger partial charge is 0.258 e. The molecule has 24 heavy (non-hydrogen) atoms. The van der Waals surface area contributed by atoms with Crippen LogP contribution >= 0.6 is 0 Å². The minimum Gasteiger partial charge on any atom is -0.336 e. The van der Waals surface area contributed by atoms with Gasteiger partial charge in [0.1, 0.15) is 6.33 Å². The van der Waals surface area contributed by atoms with Crippen molar-refractivity contribution in [3.8, 4) is 0 Å². The summed E-state index contributed by atoms with van der Waals surface area (Å²) in [6.07, 6.45) is 5.09. The number of pyridine rings is 1. The third kappa shape index (κ3) is 2.33. The molecule has 0 aliphatic carbocycles. The van der Waals surface area contributed by atoms with Gasteiger partial charge < -0.3 is 9.42 Å². The van der Waals surface area contributed by atoms with E-state index in [2.05, 4.69) is 20.1 Å². The van der Waals surface area contributed by atoms with Crippen LogP contribution in [0, 0.1) is 13.8 Å². The second kappa shape index (κ2) is 5.67. The van der Waals surface area contributed by atoms with Crippen molar-refractivity contribution >= 4 is 17.0 Å². The number of hydrogen-bond donors (Lipinski definition) is 0. The van der Waals surface area contributed by atoms with Gasteiger partial charge in [0.2, 0.25) is 0 Å². The van der Waals surface area contributed by atoms with Crippen LogP contribution in [0.1, 0.15) is 46.3 Å². The van der Waals surface area contributed by atoms with Gasteiger partial charge >= 0.3 is 0 Å². The molecule has 1 unspecified atom stereocenters. The summed E-state index contributed by atoms with van der Waals surface area (Å²) in [6, 6.07) is 3.66. The summed E-state index contributed by atoms with van der Waals surface area (Å²) in [5, 5.41) is 4.65. The van der Waals surface area contributed by atoms with Crippen LogP contribution in [0.25, 0.3) is 11.1 Å². The Labute approximate surface area is 138 Å². The summed E-state index contributed by atoms with van der Waals surface area (Å²) in [5.74, 6) is -0.0297. The molecule has 0 aromatic carbocycles. The second-order valence-electron chi connectivity index (χ2n) is 6.05. The van der Waals surface area contributed by atoms with Crippen LogP contribution in [-0.4, -0.2) is 37.5 Å². The zero-order chi connectivity index (χ0) is 16.7. The summed E-state index contributed by atoms with van der Waals surface area (Å²) in [6.45, 7) is 4.38. The maximum absolute atomic E-state index is 13.2. The number of amides is 1. The summed E-state index contributed by atoms with van der Waals surface area (Å²) >= 11 is 0. The first kappa shape index (κ1) is 14.7. The van der Waals surface area contributed by atoms with Crippen LogP contribution in [0.3, 0.4) is 0 Å². The fourth-order valence-corrected chi connectivity index (χ4v) is 3.36. The van der Waals surface area contributed by atoms with Gasteiger partial charge in [-0.3, -0.25) is 4.79 Å². The van der Waals surface area contributed by atoms with Crippen LogP contribution in [0.2, 0.25) is 0 Å². The van der Waals surface area contributed by atoms with Crippen LogP contribution in [-0.2, 0) is 0 Å². The fraction of sp³-hybridized carbons (Fsp3) is 0.353. The van der Waals surface area contributed by atoms with Gasteiger partial charge in [0.15, 0.2) is 0 Å². The SMILES string of the molecule is Cc1cc(C(=O)N2CCCC2c2ccncn2)c2c(C)noc2n1. The lowest BCUT2D eigenvalue weighted by atomic mass is 10.1. The highest BCUT2D eigenvalue weighted by Crippen LogP contribution is 2.33. The number of aryl methyl sites for hydroxylation is 2. The normalized spacial score (nSPS) is 17.6. The minimum absolute atomic E-state index is 0.0239. The van der Waals surface area contributed by atoms with Gasteiger partial charge in [-0.2, -0.15) is 0 Å². The van der Waals surface area contributed by atoms with Gasteiger partial charge in [-0.15, -0.1) is 0 Å². The molecule has 0 bridgehead atoms. The lowest BCUT2D eigenvalue weighted by molar-refractivity contribution is 0.0734. The Kier molecular flexibility index (Phi) is 3.48. The van der Waals surface area contributed by atoms with Crippen molar-refractivity contribution in [1.29, 1.82) is 0 Å². The van der Waals surface area contributed by atoms with E-state index in [1.807, 2.05) is 30.9 Å². The van der Waals surface area contributed by atoms with Gasteiger partial charge in [-0.25, -0.2) is 15.0 Å². The molecule has 122 valence electrons. The Morgan fingerprint density at radius 2 is 2.25 bits per heavy atom. The maximum Gasteiger partial charge on any atom is 0.258 e. The van der Waals surface area contributed by atoms with E-state index in [1.165, 1.54) is 6.33 Å². The molecular weight excluding hydrogens is 306 g/mol. The lowest BCUT2D eigenvalue weighted by Gasteiger charge is -2.24. The molecule has 1 fully saturated rings. The molecule has 0 radical (unpaired) electrons. The minimum atomic E-state index is -0.0297. The first-order valence-corrected chi connectivity index (χ1v) is 7.95. The highest BCUT2D eigenvalue weighted by Gasteiger charge is 2.33. The molecule has 3 aromatic rings. The van der Waals surface area contributed by atoms with Gasteiger partial charge in [0, 0.05) is 18.4 Å². The fourth-order valence-electron chi connectivity index (χ4n) is 3.36. The van der Waals surface area contributed by atoms with E-state index < -0.39 is 0 Å². The third-order valence-corrected chi connectivity index (χ3v) is 4.44. The van der Waals surface area contributed by atoms with E-state index in [-0.39, 0.29) is 11.9 Å². The molecule has 4 rings (SSSR count). The van der Waals surface area contributed by atoms with Crippen molar-refractivity contribution in [3.05, 3.63) is 47.3 Å². The molecular formula is C17H17N5O2. The third-order valence-electron chi connectivity index (χ3n) is 4.44. The van der Waals surface area contributed by atoms with Crippen LogP contribution in [0.5, 0.6) is 0 Å². The average molecular weight is 323 g/mol. The molecule has 1 aliphatic rings. The molecule has 0 saturated carbocycles. The summed E-state index contributed by atoms with van der Waals surface area (Å²) < 4.78 is 5.24. The Morgan fingerprint density at radius 1 is 1.38 bits per heavy atom. The van der Waals surface area contributed by atoms with Crippen molar-refractivity contribution < 1.29 is 9.32 Å². The van der Waals surface area contributed by atoms with Crippen LogP contribution in [0.15, 0.2) is 29.2 Å². The number of nitrogens with zero attached hydrogens (tertiary/aromatic N) is 5. The monoisotopic (exact) mass is 323 g/mol. The van der Waals surface area contributed by atoms with Crippen molar-refractivity contribution in [2.24, 2.45) is 0 Å². The molecule has 0 N–H and O–H groups in total. The standard InChI is InChI=1S/C17H17N5O2/c1-10-8-12(15-11(2)21-24-16(15)20-10)17(23)22-7-3-4-14(22)13-5-6-18-9-19-13/h5-6,8-9,14H,3-4,7H2,1-2H3. The Bertz CT molecular complexity index is 906. The Balaban J connectivity index is 1.77. The summed E-state index contributed by atoms with van der Waals surface area (Å²) in [4.78, 5) is 27.7. The van der Waals surface area contributed by atoms with Crippen LogP contribution < -0.4 is 0 Å². The molecule has 7 heteroatoms. The summed E-state index contributed by atoms with van der Waals surface area (Å²) in [5.41, 5.74) is 3.30. The van der Waals surface area contributed by atoms with Gasteiger partial charge in [0.05, 0.1) is 28.4 Å². The Hall–Kier alpha value is -2.83. The van der Waals surface area contributed by atoms with Crippen LogP contribution in [0.4, 0.5) is 0 Å². The molecule has 7 nitrogen and oxygen atoms in total. The largest absolute Gasteiger partial charge is 0.336 e. The van der Waals surface area contributed by atoms with Crippen molar-refractivity contribution in [3.63, 3.8) is 0 Å². The van der Waals surface area contributed by atoms with E-state index in [0.29, 0.717) is 28.9 Å². The van der Waals surface area contributed by atoms with E-state index >= 15 is 0 Å². The highest BCUT2D eigenvalue weighted by molar-refractivity contribution is 6.06. The molecule has 1 saturated heterocycles. The molecule has 1 amide bonds. The number of rotatable bonds is 2. The Morgan fingerprint density at radius 3 is 3.04 bits per heavy atom. The molecule has 1 atom stereocenters. The first-order chi connectivity index (χ1) is 11.6. The molecule has 3 aromatic heterocycles. The van der Waals surface area contributed by atoms with Crippen molar-refractivity contribution in [2.45, 2.75) is 32.7 Å². The molecule has 0 spiro atoms. The highest BCUT2D eigenvalue weighted by atomic mass is 16.5. The number of hydrogen-bond acceptors (Lipinski definition) is 6. The number of likely N-dealkylation sites (tertiary alicyclic amines) is 1. The van der Waals surface area contributed by atoms with Gasteiger partial charge in [-0.05, 0) is 38.8 Å². The number of carbonyl (C=O) groups is 1. The van der Waals surface area contributed by atoms with Crippen molar-refractivity contribution in [1.82, 2.24) is 25.0 Å². The number of fused-ring (bicyclic) bond motifs is 1. The lowest BCUT2D eigenvalue weighted by Crippen LogP contribution is -2.31. The summed E-state index contributed by atoms with van der Waals surface area (Å²) in [7, 11) is 0. The first-order valence-electron chi connectivity index (χ1n) is 7.95. The average Bonchev–Trinajstić information content (AvgIpc) is 3.22. The van der Waals surface area contributed by atoms with Gasteiger partial charge in [0.25, 0.3) is 11.6 Å². The zero-order valence-electron chi connectivity index (χ0n) is 13.6. The van der Waals surface area contributed by atoms with Crippen molar-refractivity contribution in [2.75, 3.05) is 6.54 Å². The van der Waals surface area contributed by atoms with E-state index in [1.54, 1.807) is 6.20 Å². The van der Waals surface area contributed by atoms with Gasteiger partial charge in [-0.1, -0.05) is 5.16 Å². The zero-order valence-corrected chi connectivity index (χ0v) is 13.6. The topological polar surface area (TPSA) is 85.0 Å². The number of carbonyl (C=O) groups excluding carboxylic acids is 1.